The smallest absolute Gasteiger partial charge is 0.251 e. The Morgan fingerprint density at radius 2 is 1.91 bits per heavy atom. The molecule has 22 heavy (non-hydrogen) atoms. The van der Waals surface area contributed by atoms with Crippen LogP contribution in [0.15, 0.2) is 30.3 Å². The Labute approximate surface area is 132 Å². The van der Waals surface area contributed by atoms with Gasteiger partial charge in [-0.25, -0.2) is 0 Å². The number of hydrogen-bond donors (Lipinski definition) is 1. The van der Waals surface area contributed by atoms with E-state index >= 15 is 0 Å². The molecule has 4 heteroatoms. The van der Waals surface area contributed by atoms with Gasteiger partial charge in [0.25, 0.3) is 5.91 Å². The largest absolute Gasteiger partial charge is 0.352 e. The minimum absolute atomic E-state index is 0.0747. The molecular weight excluding hydrogens is 276 g/mol. The topological polar surface area (TPSA) is 49.4 Å². The van der Waals surface area contributed by atoms with Crippen LogP contribution in [-0.4, -0.2) is 35.8 Å². The van der Waals surface area contributed by atoms with Gasteiger partial charge in [0.05, 0.1) is 0 Å². The first-order chi connectivity index (χ1) is 10.6. The quantitative estimate of drug-likeness (QED) is 0.751. The fourth-order valence-electron chi connectivity index (χ4n) is 2.51. The van der Waals surface area contributed by atoms with Crippen molar-refractivity contribution in [1.82, 2.24) is 10.2 Å². The predicted molar refractivity (Wildman–Crippen MR) is 87.6 cm³/mol. The molecule has 0 aromatic heterocycles. The van der Waals surface area contributed by atoms with Crippen molar-refractivity contribution in [2.45, 2.75) is 45.6 Å². The Hall–Kier alpha value is -1.84. The standard InChI is InChI=1S/C18H26N2O2/c1-14(2)13-20(16-10-11-16)17(21)9-6-12-19-18(22)15-7-4-3-5-8-15/h3-5,7-8,14,16H,6,9-13H2,1-2H3,(H,19,22). The molecule has 4 nitrogen and oxygen atoms in total. The van der Waals surface area contributed by atoms with Crippen molar-refractivity contribution in [1.29, 1.82) is 0 Å². The summed E-state index contributed by atoms with van der Waals surface area (Å²) in [6, 6.07) is 9.62. The SMILES string of the molecule is CC(C)CN(C(=O)CCCNC(=O)c1ccccc1)C1CC1. The third-order valence-corrected chi connectivity index (χ3v) is 3.76. The van der Waals surface area contributed by atoms with E-state index in [4.69, 9.17) is 0 Å². The highest BCUT2D eigenvalue weighted by Gasteiger charge is 2.32. The fourth-order valence-corrected chi connectivity index (χ4v) is 2.51. The summed E-state index contributed by atoms with van der Waals surface area (Å²) < 4.78 is 0. The van der Waals surface area contributed by atoms with Gasteiger partial charge < -0.3 is 10.2 Å². The molecule has 1 aromatic carbocycles. The van der Waals surface area contributed by atoms with Gasteiger partial charge in [-0.15, -0.1) is 0 Å². The number of rotatable bonds is 8. The number of carbonyl (C=O) groups excluding carboxylic acids is 2. The zero-order valence-electron chi connectivity index (χ0n) is 13.5. The molecule has 0 radical (unpaired) electrons. The lowest BCUT2D eigenvalue weighted by molar-refractivity contribution is -0.132. The predicted octanol–water partition coefficient (Wildman–Crippen LogP) is 2.84. The molecule has 0 aliphatic heterocycles. The maximum atomic E-state index is 12.3. The molecule has 1 saturated carbocycles. The van der Waals surface area contributed by atoms with Crippen LogP contribution in [0.4, 0.5) is 0 Å². The van der Waals surface area contributed by atoms with Crippen molar-refractivity contribution < 1.29 is 9.59 Å². The number of amides is 2. The summed E-state index contributed by atoms with van der Waals surface area (Å²) in [6.07, 6.45) is 3.49. The van der Waals surface area contributed by atoms with Gasteiger partial charge in [-0.05, 0) is 37.3 Å². The van der Waals surface area contributed by atoms with Crippen LogP contribution in [0.3, 0.4) is 0 Å². The van der Waals surface area contributed by atoms with Crippen LogP contribution in [-0.2, 0) is 4.79 Å². The van der Waals surface area contributed by atoms with Gasteiger partial charge in [-0.2, -0.15) is 0 Å². The second-order valence-electron chi connectivity index (χ2n) is 6.40. The van der Waals surface area contributed by atoms with Crippen molar-refractivity contribution in [2.75, 3.05) is 13.1 Å². The lowest BCUT2D eigenvalue weighted by Crippen LogP contribution is -2.36. The van der Waals surface area contributed by atoms with Crippen LogP contribution in [0, 0.1) is 5.92 Å². The Kier molecular flexibility index (Phi) is 5.99. The summed E-state index contributed by atoms with van der Waals surface area (Å²) in [5.74, 6) is 0.654. The summed E-state index contributed by atoms with van der Waals surface area (Å²) in [6.45, 7) is 5.67. The van der Waals surface area contributed by atoms with Gasteiger partial charge in [0.15, 0.2) is 0 Å². The average molecular weight is 302 g/mol. The average Bonchev–Trinajstić information content (AvgIpc) is 3.34. The summed E-state index contributed by atoms with van der Waals surface area (Å²) in [4.78, 5) is 26.2. The Bertz CT molecular complexity index is 495. The number of benzene rings is 1. The summed E-state index contributed by atoms with van der Waals surface area (Å²) in [7, 11) is 0. The highest BCUT2D eigenvalue weighted by Crippen LogP contribution is 2.28. The number of nitrogens with one attached hydrogen (secondary N) is 1. The minimum atomic E-state index is -0.0747. The molecule has 2 amide bonds. The minimum Gasteiger partial charge on any atom is -0.352 e. The monoisotopic (exact) mass is 302 g/mol. The molecule has 0 bridgehead atoms. The van der Waals surface area contributed by atoms with Gasteiger partial charge in [-0.3, -0.25) is 9.59 Å². The second kappa shape index (κ2) is 7.97. The maximum absolute atomic E-state index is 12.3. The van der Waals surface area contributed by atoms with Crippen molar-refractivity contribution in [2.24, 2.45) is 5.92 Å². The van der Waals surface area contributed by atoms with Crippen molar-refractivity contribution >= 4 is 11.8 Å². The number of nitrogens with zero attached hydrogens (tertiary/aromatic N) is 1. The molecule has 1 aliphatic carbocycles. The first-order valence-electron chi connectivity index (χ1n) is 8.20. The van der Waals surface area contributed by atoms with E-state index in [1.165, 1.54) is 0 Å². The molecule has 0 spiro atoms. The molecule has 0 atom stereocenters. The van der Waals surface area contributed by atoms with Crippen LogP contribution in [0.5, 0.6) is 0 Å². The molecule has 1 aliphatic rings. The van der Waals surface area contributed by atoms with Crippen LogP contribution in [0.1, 0.15) is 49.9 Å². The third kappa shape index (κ3) is 5.17. The molecule has 0 unspecified atom stereocenters. The van der Waals surface area contributed by atoms with Crippen LogP contribution in [0.2, 0.25) is 0 Å². The molecule has 1 aromatic rings. The van der Waals surface area contributed by atoms with Gasteiger partial charge >= 0.3 is 0 Å². The highest BCUT2D eigenvalue weighted by molar-refractivity contribution is 5.94. The Balaban J connectivity index is 1.69. The first-order valence-corrected chi connectivity index (χ1v) is 8.20. The molecule has 1 N–H and O–H groups in total. The first kappa shape index (κ1) is 16.5. The van der Waals surface area contributed by atoms with E-state index in [0.29, 0.717) is 36.9 Å². The van der Waals surface area contributed by atoms with Crippen molar-refractivity contribution in [3.05, 3.63) is 35.9 Å². The van der Waals surface area contributed by atoms with Gasteiger partial charge in [0.1, 0.15) is 0 Å². The normalized spacial score (nSPS) is 14.0. The van der Waals surface area contributed by atoms with E-state index in [1.807, 2.05) is 23.1 Å². The van der Waals surface area contributed by atoms with E-state index in [9.17, 15) is 9.59 Å². The van der Waals surface area contributed by atoms with Gasteiger partial charge in [0, 0.05) is 31.1 Å². The highest BCUT2D eigenvalue weighted by atomic mass is 16.2. The van der Waals surface area contributed by atoms with Gasteiger partial charge in [0.2, 0.25) is 5.91 Å². The van der Waals surface area contributed by atoms with Gasteiger partial charge in [-0.1, -0.05) is 32.0 Å². The number of hydrogen-bond acceptors (Lipinski definition) is 2. The van der Waals surface area contributed by atoms with Crippen molar-refractivity contribution in [3.63, 3.8) is 0 Å². The van der Waals surface area contributed by atoms with E-state index in [2.05, 4.69) is 19.2 Å². The second-order valence-corrected chi connectivity index (χ2v) is 6.40. The lowest BCUT2D eigenvalue weighted by Gasteiger charge is -2.24. The summed E-state index contributed by atoms with van der Waals surface area (Å²) >= 11 is 0. The summed E-state index contributed by atoms with van der Waals surface area (Å²) in [5.41, 5.74) is 0.660. The molecular formula is C18H26N2O2. The molecule has 120 valence electrons. The van der Waals surface area contributed by atoms with Crippen LogP contribution in [0.25, 0.3) is 0 Å². The molecule has 0 saturated heterocycles. The zero-order chi connectivity index (χ0) is 15.9. The molecule has 1 fully saturated rings. The van der Waals surface area contributed by atoms with E-state index in [-0.39, 0.29) is 11.8 Å². The van der Waals surface area contributed by atoms with E-state index in [0.717, 1.165) is 19.4 Å². The van der Waals surface area contributed by atoms with Crippen LogP contribution >= 0.6 is 0 Å². The molecule has 2 rings (SSSR count). The summed E-state index contributed by atoms with van der Waals surface area (Å²) in [5, 5.41) is 2.87. The van der Waals surface area contributed by atoms with E-state index in [1.54, 1.807) is 12.1 Å². The lowest BCUT2D eigenvalue weighted by atomic mass is 10.1. The third-order valence-electron chi connectivity index (χ3n) is 3.76. The zero-order valence-corrected chi connectivity index (χ0v) is 13.5. The molecule has 0 heterocycles. The maximum Gasteiger partial charge on any atom is 0.251 e. The Morgan fingerprint density at radius 3 is 2.50 bits per heavy atom. The Morgan fingerprint density at radius 1 is 1.23 bits per heavy atom. The fraction of sp³-hybridized carbons (Fsp3) is 0.556. The van der Waals surface area contributed by atoms with Crippen molar-refractivity contribution in [3.8, 4) is 0 Å². The number of carbonyl (C=O) groups is 2. The van der Waals surface area contributed by atoms with Crippen LogP contribution < -0.4 is 5.32 Å². The van der Waals surface area contributed by atoms with E-state index < -0.39 is 0 Å².